The number of thiazole rings is 1. The molecule has 156 valence electrons. The standard InChI is InChI=1S/C19H20F3N3O3S/c1-18(2,3)28-17(27)25-9-8-13-14(10-25)29-16(23-13)24-15(26)11-4-6-12(7-5-11)19(20,21)22/h4-7H,8-10H2,1-3H3,(H,23,24,26). The largest absolute Gasteiger partial charge is 0.444 e. The van der Waals surface area contributed by atoms with E-state index in [2.05, 4.69) is 10.3 Å². The Hall–Kier alpha value is -2.62. The number of carbonyl (C=O) groups excluding carboxylic acids is 2. The second-order valence-corrected chi connectivity index (χ2v) is 8.65. The first kappa shape index (κ1) is 21.1. The Bertz CT molecular complexity index is 918. The molecule has 6 nitrogen and oxygen atoms in total. The summed E-state index contributed by atoms with van der Waals surface area (Å²) < 4.78 is 43.3. The van der Waals surface area contributed by atoms with E-state index >= 15 is 0 Å². The smallest absolute Gasteiger partial charge is 0.416 e. The van der Waals surface area contributed by atoms with Gasteiger partial charge in [0.05, 0.1) is 17.8 Å². The van der Waals surface area contributed by atoms with Crippen molar-refractivity contribution < 1.29 is 27.5 Å². The third-order valence-corrected chi connectivity index (χ3v) is 5.08. The van der Waals surface area contributed by atoms with Crippen molar-refractivity contribution in [1.82, 2.24) is 9.88 Å². The van der Waals surface area contributed by atoms with E-state index in [-0.39, 0.29) is 5.56 Å². The number of rotatable bonds is 2. The number of nitrogens with zero attached hydrogens (tertiary/aromatic N) is 2. The highest BCUT2D eigenvalue weighted by atomic mass is 32.1. The molecule has 0 bridgehead atoms. The number of benzene rings is 1. The predicted octanol–water partition coefficient (Wildman–Crippen LogP) is 4.71. The molecular formula is C19H20F3N3O3S. The molecule has 0 saturated carbocycles. The Balaban J connectivity index is 1.66. The third-order valence-electron chi connectivity index (χ3n) is 4.08. The lowest BCUT2D eigenvalue weighted by Gasteiger charge is -2.29. The number of aromatic nitrogens is 1. The Morgan fingerprint density at radius 3 is 2.41 bits per heavy atom. The highest BCUT2D eigenvalue weighted by Crippen LogP contribution is 2.31. The van der Waals surface area contributed by atoms with Gasteiger partial charge in [-0.2, -0.15) is 13.2 Å². The van der Waals surface area contributed by atoms with Gasteiger partial charge in [0.25, 0.3) is 5.91 Å². The molecule has 2 heterocycles. The van der Waals surface area contributed by atoms with Crippen molar-refractivity contribution in [3.05, 3.63) is 46.0 Å². The molecule has 0 unspecified atom stereocenters. The average molecular weight is 427 g/mol. The van der Waals surface area contributed by atoms with Crippen molar-refractivity contribution in [3.63, 3.8) is 0 Å². The quantitative estimate of drug-likeness (QED) is 0.754. The van der Waals surface area contributed by atoms with Crippen LogP contribution in [0.2, 0.25) is 0 Å². The van der Waals surface area contributed by atoms with Gasteiger partial charge in [-0.05, 0) is 45.0 Å². The molecule has 10 heteroatoms. The summed E-state index contributed by atoms with van der Waals surface area (Å²) in [7, 11) is 0. The number of hydrogen-bond donors (Lipinski definition) is 1. The molecule has 1 aromatic carbocycles. The highest BCUT2D eigenvalue weighted by molar-refractivity contribution is 7.15. The minimum atomic E-state index is -4.45. The molecule has 1 aromatic heterocycles. The first-order valence-corrected chi connectivity index (χ1v) is 9.69. The van der Waals surface area contributed by atoms with E-state index in [9.17, 15) is 22.8 Å². The van der Waals surface area contributed by atoms with Crippen LogP contribution in [0.25, 0.3) is 0 Å². The number of fused-ring (bicyclic) bond motifs is 1. The van der Waals surface area contributed by atoms with Gasteiger partial charge in [-0.3, -0.25) is 10.1 Å². The van der Waals surface area contributed by atoms with Crippen molar-refractivity contribution in [2.45, 2.75) is 45.5 Å². The van der Waals surface area contributed by atoms with E-state index in [1.54, 1.807) is 25.7 Å². The van der Waals surface area contributed by atoms with Gasteiger partial charge in [0.15, 0.2) is 5.13 Å². The minimum absolute atomic E-state index is 0.0987. The Labute approximate surface area is 169 Å². The number of hydrogen-bond acceptors (Lipinski definition) is 5. The maximum Gasteiger partial charge on any atom is 0.416 e. The van der Waals surface area contributed by atoms with Crippen molar-refractivity contribution in [3.8, 4) is 0 Å². The second kappa shape index (κ2) is 7.66. The van der Waals surface area contributed by atoms with Crippen molar-refractivity contribution >= 4 is 28.5 Å². The zero-order valence-corrected chi connectivity index (χ0v) is 16.9. The summed E-state index contributed by atoms with van der Waals surface area (Å²) in [5.74, 6) is -0.547. The van der Waals surface area contributed by atoms with E-state index in [0.717, 1.165) is 34.8 Å². The lowest BCUT2D eigenvalue weighted by Crippen LogP contribution is -2.39. The summed E-state index contributed by atoms with van der Waals surface area (Å²) in [6, 6.07) is 3.97. The molecule has 2 amide bonds. The van der Waals surface area contributed by atoms with E-state index in [4.69, 9.17) is 4.74 Å². The second-order valence-electron chi connectivity index (χ2n) is 7.57. The van der Waals surface area contributed by atoms with Crippen LogP contribution in [0.5, 0.6) is 0 Å². The first-order valence-electron chi connectivity index (χ1n) is 8.87. The molecule has 0 spiro atoms. The fourth-order valence-corrected chi connectivity index (χ4v) is 3.73. The molecule has 1 N–H and O–H groups in total. The summed E-state index contributed by atoms with van der Waals surface area (Å²) in [4.78, 5) is 31.3. The molecule has 0 aliphatic carbocycles. The molecule has 1 aliphatic rings. The number of ether oxygens (including phenoxy) is 1. The Morgan fingerprint density at radius 2 is 1.83 bits per heavy atom. The molecular weight excluding hydrogens is 407 g/mol. The summed E-state index contributed by atoms with van der Waals surface area (Å²) >= 11 is 1.23. The maximum absolute atomic E-state index is 12.6. The van der Waals surface area contributed by atoms with E-state index in [1.807, 2.05) is 0 Å². The van der Waals surface area contributed by atoms with Gasteiger partial charge < -0.3 is 9.64 Å². The van der Waals surface area contributed by atoms with Crippen molar-refractivity contribution in [2.75, 3.05) is 11.9 Å². The van der Waals surface area contributed by atoms with Gasteiger partial charge in [-0.25, -0.2) is 9.78 Å². The minimum Gasteiger partial charge on any atom is -0.444 e. The van der Waals surface area contributed by atoms with Gasteiger partial charge in [0.2, 0.25) is 0 Å². The van der Waals surface area contributed by atoms with Gasteiger partial charge in [-0.15, -0.1) is 0 Å². The lowest BCUT2D eigenvalue weighted by molar-refractivity contribution is -0.137. The Morgan fingerprint density at radius 1 is 1.17 bits per heavy atom. The van der Waals surface area contributed by atoms with Crippen LogP contribution in [0.1, 0.15) is 47.3 Å². The fraction of sp³-hybridized carbons (Fsp3) is 0.421. The highest BCUT2D eigenvalue weighted by Gasteiger charge is 2.31. The zero-order chi connectivity index (χ0) is 21.4. The number of halogens is 3. The average Bonchev–Trinajstić information content (AvgIpc) is 3.00. The molecule has 29 heavy (non-hydrogen) atoms. The van der Waals surface area contributed by atoms with E-state index in [0.29, 0.717) is 24.6 Å². The SMILES string of the molecule is CC(C)(C)OC(=O)N1CCc2nc(NC(=O)c3ccc(C(F)(F)F)cc3)sc2C1. The topological polar surface area (TPSA) is 71.5 Å². The zero-order valence-electron chi connectivity index (χ0n) is 16.1. The summed E-state index contributed by atoms with van der Waals surface area (Å²) in [5.41, 5.74) is -0.522. The first-order chi connectivity index (χ1) is 13.4. The summed E-state index contributed by atoms with van der Waals surface area (Å²) in [5, 5.41) is 2.95. The van der Waals surface area contributed by atoms with Crippen LogP contribution in [0.3, 0.4) is 0 Å². The number of carbonyl (C=O) groups is 2. The number of nitrogens with one attached hydrogen (secondary N) is 1. The normalized spacial score (nSPS) is 14.3. The van der Waals surface area contributed by atoms with Crippen molar-refractivity contribution in [1.29, 1.82) is 0 Å². The van der Waals surface area contributed by atoms with Crippen LogP contribution in [0.15, 0.2) is 24.3 Å². The molecule has 2 aromatic rings. The van der Waals surface area contributed by atoms with E-state index in [1.165, 1.54) is 11.3 Å². The number of anilines is 1. The van der Waals surface area contributed by atoms with Gasteiger partial charge in [-0.1, -0.05) is 11.3 Å². The molecule has 3 rings (SSSR count). The Kier molecular flexibility index (Phi) is 5.57. The van der Waals surface area contributed by atoms with Crippen LogP contribution in [0, 0.1) is 0 Å². The fourth-order valence-electron chi connectivity index (χ4n) is 2.71. The number of amides is 2. The van der Waals surface area contributed by atoms with Crippen LogP contribution < -0.4 is 5.32 Å². The molecule has 0 fully saturated rings. The van der Waals surface area contributed by atoms with Crippen LogP contribution >= 0.6 is 11.3 Å². The van der Waals surface area contributed by atoms with Crippen LogP contribution in [0.4, 0.5) is 23.1 Å². The lowest BCUT2D eigenvalue weighted by atomic mass is 10.1. The summed E-state index contributed by atoms with van der Waals surface area (Å²) in [6.45, 7) is 6.17. The van der Waals surface area contributed by atoms with Gasteiger partial charge in [0, 0.05) is 23.4 Å². The van der Waals surface area contributed by atoms with Gasteiger partial charge in [0.1, 0.15) is 5.60 Å². The predicted molar refractivity (Wildman–Crippen MR) is 102 cm³/mol. The third kappa shape index (κ3) is 5.26. The maximum atomic E-state index is 12.6. The molecule has 0 saturated heterocycles. The molecule has 1 aliphatic heterocycles. The molecule has 0 radical (unpaired) electrons. The van der Waals surface area contributed by atoms with Crippen LogP contribution in [-0.2, 0) is 23.9 Å². The van der Waals surface area contributed by atoms with Crippen LogP contribution in [-0.4, -0.2) is 34.0 Å². The van der Waals surface area contributed by atoms with Crippen molar-refractivity contribution in [2.24, 2.45) is 0 Å². The van der Waals surface area contributed by atoms with Gasteiger partial charge >= 0.3 is 12.3 Å². The number of alkyl halides is 3. The summed E-state index contributed by atoms with van der Waals surface area (Å²) in [6.07, 6.45) is -4.34. The molecule has 0 atom stereocenters. The monoisotopic (exact) mass is 427 g/mol. The van der Waals surface area contributed by atoms with E-state index < -0.39 is 29.3 Å².